The lowest BCUT2D eigenvalue weighted by molar-refractivity contribution is 0.288. The first-order valence-electron chi connectivity index (χ1n) is 5.91. The average Bonchev–Trinajstić information content (AvgIpc) is 2.25. The molecule has 0 saturated heterocycles. The second kappa shape index (κ2) is 5.92. The Kier molecular flexibility index (Phi) is 4.83. The second-order valence-electron chi connectivity index (χ2n) is 4.36. The number of aliphatic hydroxyl groups is 1. The van der Waals surface area contributed by atoms with Crippen LogP contribution in [-0.2, 0) is 12.8 Å². The van der Waals surface area contributed by atoms with Crippen LogP contribution in [0.15, 0.2) is 18.2 Å². The highest BCUT2D eigenvalue weighted by Gasteiger charge is 2.04. The molecule has 15 heavy (non-hydrogen) atoms. The van der Waals surface area contributed by atoms with E-state index in [9.17, 15) is 0 Å². The van der Waals surface area contributed by atoms with Gasteiger partial charge in [-0.25, -0.2) is 0 Å². The normalized spacial score (nSPS) is 11.0. The first-order valence-corrected chi connectivity index (χ1v) is 5.91. The minimum Gasteiger partial charge on any atom is -0.396 e. The maximum absolute atomic E-state index is 8.87. The predicted octanol–water partition coefficient (Wildman–Crippen LogP) is 3.30. The van der Waals surface area contributed by atoms with Crippen LogP contribution in [0.5, 0.6) is 0 Å². The number of aliphatic hydroxyl groups excluding tert-OH is 1. The smallest absolute Gasteiger partial charge is 0.0434 e. The monoisotopic (exact) mass is 206 g/mol. The highest BCUT2D eigenvalue weighted by atomic mass is 16.2. The van der Waals surface area contributed by atoms with Gasteiger partial charge in [-0.3, -0.25) is 0 Å². The summed E-state index contributed by atoms with van der Waals surface area (Å²) in [7, 11) is 0. The summed E-state index contributed by atoms with van der Waals surface area (Å²) in [4.78, 5) is 0. The van der Waals surface area contributed by atoms with E-state index in [4.69, 9.17) is 5.11 Å². The SMILES string of the molecule is CCc1ccc(C(C)C)cc1CCCO. The van der Waals surface area contributed by atoms with Gasteiger partial charge in [0.1, 0.15) is 0 Å². The molecule has 0 aliphatic carbocycles. The summed E-state index contributed by atoms with van der Waals surface area (Å²) in [5, 5.41) is 8.87. The molecule has 0 spiro atoms. The maximum atomic E-state index is 8.87. The van der Waals surface area contributed by atoms with Crippen molar-refractivity contribution in [2.45, 2.75) is 46.0 Å². The molecule has 0 unspecified atom stereocenters. The van der Waals surface area contributed by atoms with Crippen LogP contribution in [0, 0.1) is 0 Å². The van der Waals surface area contributed by atoms with Gasteiger partial charge >= 0.3 is 0 Å². The van der Waals surface area contributed by atoms with Gasteiger partial charge in [0.25, 0.3) is 0 Å². The number of hydrogen-bond acceptors (Lipinski definition) is 1. The third-order valence-electron chi connectivity index (χ3n) is 2.88. The zero-order valence-corrected chi connectivity index (χ0v) is 10.1. The Morgan fingerprint density at radius 1 is 1.20 bits per heavy atom. The van der Waals surface area contributed by atoms with Crippen LogP contribution in [0.3, 0.4) is 0 Å². The van der Waals surface area contributed by atoms with Crippen molar-refractivity contribution in [1.29, 1.82) is 0 Å². The zero-order chi connectivity index (χ0) is 11.3. The van der Waals surface area contributed by atoms with E-state index in [-0.39, 0.29) is 6.61 Å². The van der Waals surface area contributed by atoms with E-state index in [1.165, 1.54) is 16.7 Å². The van der Waals surface area contributed by atoms with Crippen LogP contribution in [-0.4, -0.2) is 11.7 Å². The fourth-order valence-corrected chi connectivity index (χ4v) is 1.85. The van der Waals surface area contributed by atoms with Crippen LogP contribution in [0.25, 0.3) is 0 Å². The Hall–Kier alpha value is -0.820. The molecule has 0 aliphatic heterocycles. The van der Waals surface area contributed by atoms with Crippen LogP contribution in [0.4, 0.5) is 0 Å². The van der Waals surface area contributed by atoms with E-state index in [2.05, 4.69) is 39.0 Å². The largest absolute Gasteiger partial charge is 0.396 e. The van der Waals surface area contributed by atoms with Gasteiger partial charge in [0, 0.05) is 6.61 Å². The zero-order valence-electron chi connectivity index (χ0n) is 10.1. The standard InChI is InChI=1S/C14H22O/c1-4-12-7-8-13(11(2)3)10-14(12)6-5-9-15/h7-8,10-11,15H,4-6,9H2,1-3H3. The minimum absolute atomic E-state index is 0.287. The van der Waals surface area contributed by atoms with Crippen molar-refractivity contribution in [3.8, 4) is 0 Å². The molecule has 0 amide bonds. The molecule has 1 heteroatoms. The summed E-state index contributed by atoms with van der Waals surface area (Å²) in [6.07, 6.45) is 2.95. The highest BCUT2D eigenvalue weighted by Crippen LogP contribution is 2.20. The lowest BCUT2D eigenvalue weighted by Gasteiger charge is -2.12. The Bertz CT molecular complexity index is 302. The average molecular weight is 206 g/mol. The van der Waals surface area contributed by atoms with Crippen molar-refractivity contribution in [2.24, 2.45) is 0 Å². The molecular weight excluding hydrogens is 184 g/mol. The molecule has 0 bridgehead atoms. The summed E-state index contributed by atoms with van der Waals surface area (Å²) in [6.45, 7) is 6.91. The molecule has 0 aromatic heterocycles. The van der Waals surface area contributed by atoms with Gasteiger partial charge in [-0.05, 0) is 41.9 Å². The van der Waals surface area contributed by atoms with Gasteiger partial charge < -0.3 is 5.11 Å². The predicted molar refractivity (Wildman–Crippen MR) is 65.3 cm³/mol. The van der Waals surface area contributed by atoms with Gasteiger partial charge in [-0.15, -0.1) is 0 Å². The molecule has 1 nitrogen and oxygen atoms in total. The second-order valence-corrected chi connectivity index (χ2v) is 4.36. The van der Waals surface area contributed by atoms with Crippen LogP contribution in [0.2, 0.25) is 0 Å². The molecule has 1 aromatic rings. The van der Waals surface area contributed by atoms with Gasteiger partial charge in [0.2, 0.25) is 0 Å². The number of benzene rings is 1. The van der Waals surface area contributed by atoms with Gasteiger partial charge in [0.05, 0.1) is 0 Å². The Labute approximate surface area is 93.1 Å². The number of hydrogen-bond donors (Lipinski definition) is 1. The topological polar surface area (TPSA) is 20.2 Å². The van der Waals surface area contributed by atoms with Crippen molar-refractivity contribution in [3.05, 3.63) is 34.9 Å². The summed E-state index contributed by atoms with van der Waals surface area (Å²) in [5.74, 6) is 0.587. The van der Waals surface area contributed by atoms with Crippen molar-refractivity contribution in [3.63, 3.8) is 0 Å². The molecule has 0 radical (unpaired) electrons. The number of aryl methyl sites for hydroxylation is 2. The Balaban J connectivity index is 2.91. The van der Waals surface area contributed by atoms with Crippen molar-refractivity contribution in [1.82, 2.24) is 0 Å². The third kappa shape index (κ3) is 3.35. The molecule has 1 rings (SSSR count). The molecule has 1 aromatic carbocycles. The van der Waals surface area contributed by atoms with E-state index < -0.39 is 0 Å². The molecule has 1 N–H and O–H groups in total. The summed E-state index contributed by atoms with van der Waals surface area (Å²) < 4.78 is 0. The van der Waals surface area contributed by atoms with Gasteiger partial charge in [-0.2, -0.15) is 0 Å². The van der Waals surface area contributed by atoms with Crippen molar-refractivity contribution >= 4 is 0 Å². The molecular formula is C14H22O. The lowest BCUT2D eigenvalue weighted by Crippen LogP contribution is -1.98. The van der Waals surface area contributed by atoms with E-state index in [0.29, 0.717) is 5.92 Å². The molecule has 0 aliphatic rings. The highest BCUT2D eigenvalue weighted by molar-refractivity contribution is 5.33. The van der Waals surface area contributed by atoms with E-state index >= 15 is 0 Å². The van der Waals surface area contributed by atoms with Crippen LogP contribution < -0.4 is 0 Å². The molecule has 0 fully saturated rings. The molecule has 0 heterocycles. The third-order valence-corrected chi connectivity index (χ3v) is 2.88. The quantitative estimate of drug-likeness (QED) is 0.783. The van der Waals surface area contributed by atoms with Crippen LogP contribution >= 0.6 is 0 Å². The van der Waals surface area contributed by atoms with Crippen LogP contribution in [0.1, 0.15) is 49.8 Å². The van der Waals surface area contributed by atoms with E-state index in [0.717, 1.165) is 19.3 Å². The van der Waals surface area contributed by atoms with E-state index in [1.807, 2.05) is 0 Å². The fraction of sp³-hybridized carbons (Fsp3) is 0.571. The fourth-order valence-electron chi connectivity index (χ4n) is 1.85. The first kappa shape index (κ1) is 12.3. The van der Waals surface area contributed by atoms with Gasteiger partial charge in [0.15, 0.2) is 0 Å². The first-order chi connectivity index (χ1) is 7.19. The number of rotatable bonds is 5. The summed E-state index contributed by atoms with van der Waals surface area (Å²) >= 11 is 0. The summed E-state index contributed by atoms with van der Waals surface area (Å²) in [6, 6.07) is 6.77. The molecule has 84 valence electrons. The Morgan fingerprint density at radius 2 is 1.93 bits per heavy atom. The Morgan fingerprint density at radius 3 is 2.47 bits per heavy atom. The molecule has 0 saturated carbocycles. The lowest BCUT2D eigenvalue weighted by atomic mass is 9.94. The van der Waals surface area contributed by atoms with E-state index in [1.54, 1.807) is 0 Å². The van der Waals surface area contributed by atoms with Crippen molar-refractivity contribution < 1.29 is 5.11 Å². The summed E-state index contributed by atoms with van der Waals surface area (Å²) in [5.41, 5.74) is 4.24. The minimum atomic E-state index is 0.287. The molecule has 0 atom stereocenters. The van der Waals surface area contributed by atoms with Gasteiger partial charge in [-0.1, -0.05) is 39.0 Å². The van der Waals surface area contributed by atoms with Crippen molar-refractivity contribution in [2.75, 3.05) is 6.61 Å². The maximum Gasteiger partial charge on any atom is 0.0434 e.